The highest BCUT2D eigenvalue weighted by Crippen LogP contribution is 2.20. The smallest absolute Gasteiger partial charge is 0.129 e. The van der Waals surface area contributed by atoms with Crippen molar-refractivity contribution in [2.45, 2.75) is 20.8 Å². The molecule has 0 aliphatic heterocycles. The van der Waals surface area contributed by atoms with Crippen LogP contribution in [0.5, 0.6) is 0 Å². The molecule has 0 amide bonds. The van der Waals surface area contributed by atoms with Gasteiger partial charge in [0.05, 0.1) is 0 Å². The molecule has 2 nitrogen and oxygen atoms in total. The van der Waals surface area contributed by atoms with E-state index in [0.29, 0.717) is 0 Å². The fourth-order valence-corrected chi connectivity index (χ4v) is 1.59. The number of hydrogen-bond donors (Lipinski definition) is 0. The van der Waals surface area contributed by atoms with Gasteiger partial charge in [0.15, 0.2) is 0 Å². The summed E-state index contributed by atoms with van der Waals surface area (Å²) < 4.78 is 1.05. The number of likely N-dealkylation sites (N-methyl/N-ethyl adjacent to an activating group) is 1. The van der Waals surface area contributed by atoms with Gasteiger partial charge >= 0.3 is 0 Å². The second-order valence-corrected chi connectivity index (χ2v) is 4.62. The lowest BCUT2D eigenvalue weighted by Crippen LogP contribution is -2.25. The van der Waals surface area contributed by atoms with E-state index < -0.39 is 0 Å². The summed E-state index contributed by atoms with van der Waals surface area (Å²) in [5.74, 6) is 1.02. The van der Waals surface area contributed by atoms with E-state index in [0.717, 1.165) is 29.0 Å². The third-order valence-corrected chi connectivity index (χ3v) is 3.03. The van der Waals surface area contributed by atoms with Gasteiger partial charge in [0.1, 0.15) is 5.82 Å². The molecule has 1 heterocycles. The summed E-state index contributed by atoms with van der Waals surface area (Å²) in [5, 5.41) is 0. The van der Waals surface area contributed by atoms with Crippen LogP contribution in [0.3, 0.4) is 0 Å². The number of aromatic nitrogens is 1. The largest absolute Gasteiger partial charge is 0.353 e. The molecule has 15 heavy (non-hydrogen) atoms. The number of pyridine rings is 1. The molecular weight excluding hydrogens is 252 g/mol. The minimum absolute atomic E-state index is 0.866. The van der Waals surface area contributed by atoms with Crippen LogP contribution in [-0.2, 0) is 0 Å². The number of hydrogen-bond acceptors (Lipinski definition) is 2. The monoisotopic (exact) mass is 268 g/mol. The van der Waals surface area contributed by atoms with Gasteiger partial charge in [0.2, 0.25) is 0 Å². The van der Waals surface area contributed by atoms with Crippen molar-refractivity contribution in [3.63, 3.8) is 0 Å². The molecular formula is C12H17BrN2. The fraction of sp³-hybridized carbons (Fsp3) is 0.417. The van der Waals surface area contributed by atoms with Crippen LogP contribution in [0.1, 0.15) is 19.4 Å². The molecule has 1 rings (SSSR count). The molecule has 3 heteroatoms. The normalized spacial score (nSPS) is 10.1. The average molecular weight is 269 g/mol. The van der Waals surface area contributed by atoms with Crippen molar-refractivity contribution in [1.29, 1.82) is 0 Å². The minimum atomic E-state index is 0.866. The molecule has 0 saturated carbocycles. The van der Waals surface area contributed by atoms with Crippen LogP contribution in [0.4, 0.5) is 5.82 Å². The van der Waals surface area contributed by atoms with E-state index in [9.17, 15) is 0 Å². The Labute approximate surface area is 100 Å². The molecule has 0 fully saturated rings. The Morgan fingerprint density at radius 1 is 1.60 bits per heavy atom. The maximum Gasteiger partial charge on any atom is 0.129 e. The lowest BCUT2D eigenvalue weighted by molar-refractivity contribution is 0.857. The quantitative estimate of drug-likeness (QED) is 0.777. The highest BCUT2D eigenvalue weighted by atomic mass is 79.9. The van der Waals surface area contributed by atoms with Crippen molar-refractivity contribution in [3.05, 3.63) is 34.5 Å². The lowest BCUT2D eigenvalue weighted by Gasteiger charge is -2.22. The van der Waals surface area contributed by atoms with E-state index in [1.807, 2.05) is 13.1 Å². The van der Waals surface area contributed by atoms with Gasteiger partial charge in [-0.25, -0.2) is 4.98 Å². The van der Waals surface area contributed by atoms with Crippen LogP contribution in [0.15, 0.2) is 28.9 Å². The van der Waals surface area contributed by atoms with Crippen molar-refractivity contribution in [3.8, 4) is 0 Å². The summed E-state index contributed by atoms with van der Waals surface area (Å²) in [6, 6.07) is 2.09. The zero-order chi connectivity index (χ0) is 11.4. The molecule has 0 spiro atoms. The molecule has 1 aromatic rings. The molecule has 0 bridgehead atoms. The summed E-state index contributed by atoms with van der Waals surface area (Å²) in [6.07, 6.45) is 1.85. The molecule has 82 valence electrons. The van der Waals surface area contributed by atoms with E-state index in [4.69, 9.17) is 0 Å². The Hall–Kier alpha value is -0.830. The second-order valence-electron chi connectivity index (χ2n) is 3.76. The van der Waals surface area contributed by atoms with E-state index in [-0.39, 0.29) is 0 Å². The van der Waals surface area contributed by atoms with Gasteiger partial charge < -0.3 is 4.90 Å². The molecule has 0 saturated heterocycles. The summed E-state index contributed by atoms with van der Waals surface area (Å²) >= 11 is 3.45. The molecule has 0 N–H and O–H groups in total. The Balaban J connectivity index is 2.92. The maximum atomic E-state index is 4.40. The molecule has 0 aliphatic carbocycles. The standard InChI is InChI=1S/C12H17BrN2/c1-5-15(8-9(2)3)12-6-10(4)11(13)7-14-12/h6-7H,2,5,8H2,1,3-4H3. The van der Waals surface area contributed by atoms with Gasteiger partial charge in [-0.05, 0) is 48.3 Å². The summed E-state index contributed by atoms with van der Waals surface area (Å²) in [5.41, 5.74) is 2.36. The van der Waals surface area contributed by atoms with Gasteiger partial charge in [-0.2, -0.15) is 0 Å². The topological polar surface area (TPSA) is 16.1 Å². The van der Waals surface area contributed by atoms with Crippen LogP contribution in [0.2, 0.25) is 0 Å². The number of aryl methyl sites for hydroxylation is 1. The van der Waals surface area contributed by atoms with E-state index in [2.05, 4.69) is 52.3 Å². The molecule has 0 unspecified atom stereocenters. The van der Waals surface area contributed by atoms with Crippen molar-refractivity contribution < 1.29 is 0 Å². The van der Waals surface area contributed by atoms with Crippen LogP contribution in [0.25, 0.3) is 0 Å². The molecule has 0 radical (unpaired) electrons. The first kappa shape index (κ1) is 12.2. The Bertz CT molecular complexity index is 361. The average Bonchev–Trinajstić information content (AvgIpc) is 2.18. The lowest BCUT2D eigenvalue weighted by atomic mass is 10.2. The molecule has 0 atom stereocenters. The fourth-order valence-electron chi connectivity index (χ4n) is 1.38. The van der Waals surface area contributed by atoms with E-state index >= 15 is 0 Å². The SMILES string of the molecule is C=C(C)CN(CC)c1cc(C)c(Br)cn1. The highest BCUT2D eigenvalue weighted by molar-refractivity contribution is 9.10. The Morgan fingerprint density at radius 2 is 2.27 bits per heavy atom. The highest BCUT2D eigenvalue weighted by Gasteiger charge is 2.06. The van der Waals surface area contributed by atoms with Gasteiger partial charge in [-0.15, -0.1) is 0 Å². The summed E-state index contributed by atoms with van der Waals surface area (Å²) in [7, 11) is 0. The number of anilines is 1. The maximum absolute atomic E-state index is 4.40. The number of rotatable bonds is 4. The zero-order valence-electron chi connectivity index (χ0n) is 9.55. The van der Waals surface area contributed by atoms with E-state index in [1.165, 1.54) is 5.56 Å². The Kier molecular flexibility index (Phi) is 4.33. The minimum Gasteiger partial charge on any atom is -0.353 e. The predicted molar refractivity (Wildman–Crippen MR) is 69.4 cm³/mol. The summed E-state index contributed by atoms with van der Waals surface area (Å²) in [6.45, 7) is 12.0. The van der Waals surface area contributed by atoms with Crippen molar-refractivity contribution in [1.82, 2.24) is 4.98 Å². The zero-order valence-corrected chi connectivity index (χ0v) is 11.1. The van der Waals surface area contributed by atoms with Crippen molar-refractivity contribution in [2.75, 3.05) is 18.0 Å². The van der Waals surface area contributed by atoms with E-state index in [1.54, 1.807) is 0 Å². The van der Waals surface area contributed by atoms with Crippen LogP contribution >= 0.6 is 15.9 Å². The third-order valence-electron chi connectivity index (χ3n) is 2.20. The Morgan fingerprint density at radius 3 is 2.73 bits per heavy atom. The molecule has 1 aromatic heterocycles. The summed E-state index contributed by atoms with van der Waals surface area (Å²) in [4.78, 5) is 6.61. The van der Waals surface area contributed by atoms with Crippen molar-refractivity contribution >= 4 is 21.7 Å². The predicted octanol–water partition coefficient (Wildman–Crippen LogP) is 3.55. The van der Waals surface area contributed by atoms with Gasteiger partial charge in [-0.3, -0.25) is 0 Å². The van der Waals surface area contributed by atoms with Crippen LogP contribution in [0, 0.1) is 6.92 Å². The van der Waals surface area contributed by atoms with Crippen LogP contribution in [-0.4, -0.2) is 18.1 Å². The van der Waals surface area contributed by atoms with Gasteiger partial charge in [-0.1, -0.05) is 12.2 Å². The van der Waals surface area contributed by atoms with Gasteiger partial charge in [0.25, 0.3) is 0 Å². The van der Waals surface area contributed by atoms with Gasteiger partial charge in [0, 0.05) is 23.8 Å². The van der Waals surface area contributed by atoms with Crippen molar-refractivity contribution in [2.24, 2.45) is 0 Å². The third kappa shape index (κ3) is 3.34. The second kappa shape index (κ2) is 5.31. The molecule has 0 aliphatic rings. The number of halogens is 1. The molecule has 0 aromatic carbocycles. The first-order chi connectivity index (χ1) is 7.04. The number of nitrogens with zero attached hydrogens (tertiary/aromatic N) is 2. The first-order valence-corrected chi connectivity index (χ1v) is 5.85. The van der Waals surface area contributed by atoms with Crippen LogP contribution < -0.4 is 4.90 Å². The first-order valence-electron chi connectivity index (χ1n) is 5.06.